The summed E-state index contributed by atoms with van der Waals surface area (Å²) in [5, 5.41) is 9.90. The predicted molar refractivity (Wildman–Crippen MR) is 434 cm³/mol. The molecule has 6 saturated carbocycles. The van der Waals surface area contributed by atoms with Crippen molar-refractivity contribution in [1.82, 2.24) is 44.9 Å². The summed E-state index contributed by atoms with van der Waals surface area (Å²) in [5.41, 5.74) is 17.0. The van der Waals surface area contributed by atoms with Crippen LogP contribution in [0.1, 0.15) is 231 Å². The predicted octanol–water partition coefficient (Wildman–Crippen LogP) is 21.4. The van der Waals surface area contributed by atoms with Gasteiger partial charge < -0.3 is 10.0 Å². The zero-order valence-electron chi connectivity index (χ0n) is 65.1. The fraction of sp³-hybridized carbons (Fsp3) is 0.396. The Hall–Kier alpha value is -10.6. The summed E-state index contributed by atoms with van der Waals surface area (Å²) in [4.78, 5) is 85.5. The number of rotatable bonds is 17. The molecule has 0 saturated heterocycles. The van der Waals surface area contributed by atoms with Gasteiger partial charge in [0.1, 0.15) is 23.2 Å². The molecule has 6 atom stereocenters. The van der Waals surface area contributed by atoms with Gasteiger partial charge >= 0.3 is 0 Å². The van der Waals surface area contributed by atoms with Crippen LogP contribution >= 0.6 is 0 Å². The van der Waals surface area contributed by atoms with Gasteiger partial charge in [-0.15, -0.1) is 0 Å². The highest BCUT2D eigenvalue weighted by atomic mass is 19.1. The molecule has 1 N–H and O–H groups in total. The van der Waals surface area contributed by atoms with Gasteiger partial charge in [-0.25, -0.2) is 43.1 Å². The largest absolute Gasteiger partial charge is 0.515 e. The molecular weight excluding hydrogens is 1410 g/mol. The maximum Gasteiger partial charge on any atom is 0.162 e. The highest BCUT2D eigenvalue weighted by molar-refractivity contribution is 5.98. The standard InChI is InChI=1S/C37H37FN4O.C30H30FN3O2.C29H30FN3O/c1-3-18-37-22-26(23-42(2)28-9-5-4-6-10-28)33(43)21-27(37)15-16-30-34(29-11-7-8-12-31(29)38)40-36(41-35(30)37)25-17-19-39-32(20-25)24-13-14-24;1-2-12-30-16-20(17-35)26(36)15-21(30)9-10-23-27(22-5-3-4-6-24(22)31)33-29(34-28(23)30)19-11-13-32-25(14-19)18-7-8-18;1-2-13-29-14-11-21(34)17-20(29)9-10-23-26(22-5-3-4-6-24(22)30)32-28(33-27(23)29)19-12-15-31-25(16-19)18-7-8-18/h4-12,17,19-20,23-24,27H,3,13-16,18,21-22H2,1-2H3;3-6,11,13-14,17-18,21,35H,2,7-10,12,15-16H2,1H3;3-6,12,15-16,18,20H,2,7-11,13-14,17H2,1H3/b26-23-;20-17-;/t27-,37-;21-,30-;20-,29-/m111/s1. The van der Waals surface area contributed by atoms with Gasteiger partial charge in [0.15, 0.2) is 29.0 Å². The molecule has 19 rings (SSSR count). The van der Waals surface area contributed by atoms with Gasteiger partial charge in [-0.3, -0.25) is 29.3 Å². The van der Waals surface area contributed by atoms with Crippen LogP contribution in [-0.4, -0.2) is 74.4 Å². The van der Waals surface area contributed by atoms with Crippen LogP contribution in [0, 0.1) is 35.2 Å². The van der Waals surface area contributed by atoms with Gasteiger partial charge in [0.05, 0.1) is 40.4 Å². The molecule has 576 valence electrons. The summed E-state index contributed by atoms with van der Waals surface area (Å²) in [6.07, 6.45) is 30.0. The van der Waals surface area contributed by atoms with E-state index in [2.05, 4.69) is 66.1 Å². The summed E-state index contributed by atoms with van der Waals surface area (Å²) >= 11 is 0. The monoisotopic (exact) mass is 1510 g/mol. The molecule has 9 aliphatic rings. The number of nitrogens with zero attached hydrogens (tertiary/aromatic N) is 10. The molecule has 9 aliphatic carbocycles. The molecule has 14 nitrogen and oxygen atoms in total. The zero-order valence-corrected chi connectivity index (χ0v) is 65.1. The van der Waals surface area contributed by atoms with Crippen LogP contribution in [0.15, 0.2) is 182 Å². The van der Waals surface area contributed by atoms with Gasteiger partial charge in [0.25, 0.3) is 0 Å². The Kier molecular flexibility index (Phi) is 20.9. The van der Waals surface area contributed by atoms with Crippen molar-refractivity contribution in [2.45, 2.75) is 215 Å². The Morgan fingerprint density at radius 2 is 0.796 bits per heavy atom. The van der Waals surface area contributed by atoms with Crippen LogP contribution in [0.2, 0.25) is 0 Å². The Bertz CT molecular complexity index is 5400. The first kappa shape index (κ1) is 75.2. The minimum absolute atomic E-state index is 0.0180. The average Bonchev–Trinajstić information content (AvgIpc) is 1.70. The summed E-state index contributed by atoms with van der Waals surface area (Å²) in [6, 6.07) is 42.9. The molecule has 0 spiro atoms. The number of carbonyl (C=O) groups excluding carboxylic acids is 3. The molecule has 0 amide bonds. The van der Waals surface area contributed by atoms with Gasteiger partial charge in [0, 0.05) is 176 Å². The number of anilines is 1. The lowest BCUT2D eigenvalue weighted by Gasteiger charge is -2.48. The fourth-order valence-corrected chi connectivity index (χ4v) is 20.2. The van der Waals surface area contributed by atoms with Crippen molar-refractivity contribution in [3.8, 4) is 67.9 Å². The molecule has 0 radical (unpaired) electrons. The van der Waals surface area contributed by atoms with Crippen molar-refractivity contribution in [3.05, 3.63) is 250 Å². The number of para-hydroxylation sites is 1. The van der Waals surface area contributed by atoms with Crippen molar-refractivity contribution in [3.63, 3.8) is 0 Å². The number of halogens is 3. The van der Waals surface area contributed by atoms with Crippen LogP contribution in [0.3, 0.4) is 0 Å². The van der Waals surface area contributed by atoms with Crippen LogP contribution in [-0.2, 0) is 49.9 Å². The zero-order chi connectivity index (χ0) is 77.7. The molecule has 6 fully saturated rings. The van der Waals surface area contributed by atoms with E-state index in [0.29, 0.717) is 131 Å². The van der Waals surface area contributed by atoms with Crippen molar-refractivity contribution >= 4 is 23.0 Å². The third-order valence-electron chi connectivity index (χ3n) is 26.2. The average molecular weight is 1510 g/mol. The van der Waals surface area contributed by atoms with E-state index in [-0.39, 0.29) is 51.7 Å². The number of benzene rings is 4. The lowest BCUT2D eigenvalue weighted by molar-refractivity contribution is -0.124. The van der Waals surface area contributed by atoms with Crippen molar-refractivity contribution < 1.29 is 32.7 Å². The first-order chi connectivity index (χ1) is 55.1. The molecule has 6 aromatic heterocycles. The second-order valence-corrected chi connectivity index (χ2v) is 33.4. The number of carbonyl (C=O) groups is 3. The number of aliphatic hydroxyl groups excluding tert-OH is 1. The highest BCUT2D eigenvalue weighted by Crippen LogP contribution is 2.58. The van der Waals surface area contributed by atoms with E-state index in [9.17, 15) is 19.5 Å². The van der Waals surface area contributed by atoms with E-state index < -0.39 is 5.41 Å². The van der Waals surface area contributed by atoms with E-state index in [1.807, 2.05) is 103 Å². The van der Waals surface area contributed by atoms with E-state index in [4.69, 9.17) is 29.9 Å². The Morgan fingerprint density at radius 3 is 1.19 bits per heavy atom. The third-order valence-corrected chi connectivity index (χ3v) is 26.2. The first-order valence-electron chi connectivity index (χ1n) is 41.4. The van der Waals surface area contributed by atoms with Gasteiger partial charge in [-0.2, -0.15) is 0 Å². The number of hydrogen-bond acceptors (Lipinski definition) is 14. The number of aromatic nitrogens is 9. The number of hydrogen-bond donors (Lipinski definition) is 1. The van der Waals surface area contributed by atoms with Crippen molar-refractivity contribution in [1.29, 1.82) is 0 Å². The topological polar surface area (TPSA) is 191 Å². The number of aliphatic hydroxyl groups is 1. The van der Waals surface area contributed by atoms with Gasteiger partial charge in [-0.05, 0) is 218 Å². The third kappa shape index (κ3) is 14.6. The van der Waals surface area contributed by atoms with Gasteiger partial charge in [0.2, 0.25) is 0 Å². The lowest BCUT2D eigenvalue weighted by atomic mass is 9.55. The molecule has 4 aromatic carbocycles. The molecular formula is C96H97F3N10O4. The molecule has 6 heterocycles. The SMILES string of the molecule is CCC[C@@]12C/C(=C/N(C)c3ccccc3)C(=O)C[C@H]1CCc1c(-c3ccccc3F)nc(-c3ccnc(C4CC4)c3)nc12.CCC[C@@]12C/C(=C/O)C(=O)C[C@H]1CCc1c(-c3ccccc3F)nc(-c3ccnc(C4CC4)c3)nc12.CCC[C@@]12CCC(=O)C[C@H]1CCc1c(-c3ccccc3F)nc(-c3ccnc(C4CC4)c3)nc12. The summed E-state index contributed by atoms with van der Waals surface area (Å²) in [7, 11) is 2.00. The highest BCUT2D eigenvalue weighted by Gasteiger charge is 2.54. The number of fused-ring (bicyclic) bond motifs is 9. The Morgan fingerprint density at radius 1 is 0.434 bits per heavy atom. The first-order valence-corrected chi connectivity index (χ1v) is 41.4. The van der Waals surface area contributed by atoms with Gasteiger partial charge in [-0.1, -0.05) is 94.6 Å². The molecule has 0 aliphatic heterocycles. The Labute approximate surface area is 659 Å². The van der Waals surface area contributed by atoms with E-state index in [0.717, 1.165) is 188 Å². The van der Waals surface area contributed by atoms with Crippen LogP contribution < -0.4 is 4.90 Å². The van der Waals surface area contributed by atoms with E-state index >= 15 is 13.2 Å². The molecule has 113 heavy (non-hydrogen) atoms. The minimum atomic E-state index is -0.394. The second-order valence-electron chi connectivity index (χ2n) is 33.4. The number of ketones is 3. The summed E-state index contributed by atoms with van der Waals surface area (Å²) in [6.45, 7) is 6.56. The van der Waals surface area contributed by atoms with Crippen LogP contribution in [0.25, 0.3) is 67.9 Å². The number of Topliss-reactive ketones (excluding diaryl/α,β-unsaturated/α-hetero) is 3. The van der Waals surface area contributed by atoms with E-state index in [1.165, 1.54) is 31.0 Å². The maximum absolute atomic E-state index is 15.4. The fourth-order valence-electron chi connectivity index (χ4n) is 20.2. The lowest BCUT2D eigenvalue weighted by Crippen LogP contribution is -2.46. The van der Waals surface area contributed by atoms with Crippen LogP contribution in [0.5, 0.6) is 0 Å². The smallest absolute Gasteiger partial charge is 0.162 e. The molecule has 17 heteroatoms. The summed E-state index contributed by atoms with van der Waals surface area (Å²) in [5.74, 6) is 3.73. The van der Waals surface area contributed by atoms with Crippen molar-refractivity contribution in [2.24, 2.45) is 17.8 Å². The number of pyridine rings is 3. The van der Waals surface area contributed by atoms with Crippen LogP contribution in [0.4, 0.5) is 18.9 Å². The quantitative estimate of drug-likeness (QED) is 0.0669. The molecule has 0 bridgehead atoms. The second kappa shape index (κ2) is 31.4. The molecule has 0 unspecified atom stereocenters. The van der Waals surface area contributed by atoms with E-state index in [1.54, 1.807) is 24.3 Å². The minimum Gasteiger partial charge on any atom is -0.515 e. The Balaban J connectivity index is 0.000000124. The number of allylic oxidation sites excluding steroid dienone is 2. The maximum atomic E-state index is 15.4. The normalized spacial score (nSPS) is 23.5. The molecule has 10 aromatic rings. The summed E-state index contributed by atoms with van der Waals surface area (Å²) < 4.78 is 45.6. The van der Waals surface area contributed by atoms with Crippen molar-refractivity contribution in [2.75, 3.05) is 11.9 Å².